The summed E-state index contributed by atoms with van der Waals surface area (Å²) in [7, 11) is 0. The number of hydrogen-bond acceptors (Lipinski definition) is 7. The highest BCUT2D eigenvalue weighted by Crippen LogP contribution is 2.08. The molecule has 3 N–H and O–H groups in total. The van der Waals surface area contributed by atoms with E-state index in [-0.39, 0.29) is 12.0 Å². The molecule has 1 aliphatic heterocycles. The summed E-state index contributed by atoms with van der Waals surface area (Å²) in [5.41, 5.74) is 5.96. The highest BCUT2D eigenvalue weighted by atomic mass is 16.6. The molecule has 2 heterocycles. The van der Waals surface area contributed by atoms with Gasteiger partial charge in [-0.15, -0.1) is 10.2 Å². The van der Waals surface area contributed by atoms with E-state index in [0.29, 0.717) is 51.5 Å². The van der Waals surface area contributed by atoms with Crippen molar-refractivity contribution in [3.05, 3.63) is 5.82 Å². The van der Waals surface area contributed by atoms with Crippen LogP contribution in [-0.2, 0) is 16.0 Å². The molecule has 2 amide bonds. The second-order valence-corrected chi connectivity index (χ2v) is 5.75. The Labute approximate surface area is 140 Å². The van der Waals surface area contributed by atoms with Crippen LogP contribution in [0.2, 0.25) is 0 Å². The molecule has 1 fully saturated rings. The van der Waals surface area contributed by atoms with E-state index in [9.17, 15) is 9.59 Å². The number of rotatable bonds is 7. The zero-order valence-corrected chi connectivity index (χ0v) is 14.0. The van der Waals surface area contributed by atoms with Crippen LogP contribution in [0.1, 0.15) is 32.0 Å². The number of nitrogens with one attached hydrogen (secondary N) is 1. The van der Waals surface area contributed by atoms with E-state index in [4.69, 9.17) is 10.5 Å². The zero-order valence-electron chi connectivity index (χ0n) is 14.0. The number of amides is 2. The Morgan fingerprint density at radius 2 is 2.00 bits per heavy atom. The first-order valence-electron chi connectivity index (χ1n) is 8.30. The standard InChI is InChI=1S/C14H25N7O3/c1-2-3-10-24-14(23)21-8-6-20(7-9-21)13(22)11(15)4-5-12-16-18-19-17-12/h11H,2-10,15H2,1H3,(H,16,17,18,19)/t11-/m0/s1. The van der Waals surface area contributed by atoms with Crippen molar-refractivity contribution in [3.8, 4) is 0 Å². The number of tetrazole rings is 1. The van der Waals surface area contributed by atoms with Crippen molar-refractivity contribution in [2.24, 2.45) is 5.73 Å². The topological polar surface area (TPSA) is 130 Å². The van der Waals surface area contributed by atoms with Crippen LogP contribution in [0.3, 0.4) is 0 Å². The van der Waals surface area contributed by atoms with Crippen molar-refractivity contribution in [2.75, 3.05) is 32.8 Å². The van der Waals surface area contributed by atoms with Gasteiger partial charge in [-0.2, -0.15) is 5.21 Å². The van der Waals surface area contributed by atoms with Gasteiger partial charge in [0.15, 0.2) is 5.82 Å². The number of aryl methyl sites for hydroxylation is 1. The molecule has 24 heavy (non-hydrogen) atoms. The van der Waals surface area contributed by atoms with Gasteiger partial charge < -0.3 is 20.3 Å². The molecule has 0 unspecified atom stereocenters. The second kappa shape index (κ2) is 9.16. The molecule has 0 saturated carbocycles. The van der Waals surface area contributed by atoms with Gasteiger partial charge in [-0.05, 0) is 12.8 Å². The fourth-order valence-electron chi connectivity index (χ4n) is 2.44. The van der Waals surface area contributed by atoms with E-state index in [0.717, 1.165) is 12.8 Å². The number of carbonyl (C=O) groups excluding carboxylic acids is 2. The summed E-state index contributed by atoms with van der Waals surface area (Å²) in [6.45, 7) is 4.35. The average molecular weight is 339 g/mol. The number of nitrogens with two attached hydrogens (primary N) is 1. The zero-order chi connectivity index (χ0) is 17.4. The van der Waals surface area contributed by atoms with Crippen molar-refractivity contribution in [1.82, 2.24) is 30.4 Å². The summed E-state index contributed by atoms with van der Waals surface area (Å²) in [6.07, 6.45) is 2.48. The number of aromatic amines is 1. The predicted molar refractivity (Wildman–Crippen MR) is 84.9 cm³/mol. The third kappa shape index (κ3) is 5.15. The van der Waals surface area contributed by atoms with Crippen molar-refractivity contribution >= 4 is 12.0 Å². The van der Waals surface area contributed by atoms with Gasteiger partial charge in [-0.25, -0.2) is 4.79 Å². The van der Waals surface area contributed by atoms with E-state index < -0.39 is 6.04 Å². The number of unbranched alkanes of at least 4 members (excludes halogenated alkanes) is 1. The lowest BCUT2D eigenvalue weighted by atomic mass is 10.1. The monoisotopic (exact) mass is 339 g/mol. The minimum absolute atomic E-state index is 0.113. The van der Waals surface area contributed by atoms with Gasteiger partial charge in [0.05, 0.1) is 12.6 Å². The van der Waals surface area contributed by atoms with Crippen LogP contribution in [-0.4, -0.2) is 81.3 Å². The normalized spacial score (nSPS) is 16.1. The number of H-pyrrole nitrogens is 1. The van der Waals surface area contributed by atoms with Gasteiger partial charge >= 0.3 is 6.09 Å². The minimum atomic E-state index is -0.605. The highest BCUT2D eigenvalue weighted by molar-refractivity contribution is 5.82. The van der Waals surface area contributed by atoms with Crippen molar-refractivity contribution in [3.63, 3.8) is 0 Å². The van der Waals surface area contributed by atoms with E-state index in [1.165, 1.54) is 0 Å². The molecule has 10 nitrogen and oxygen atoms in total. The number of hydrogen-bond donors (Lipinski definition) is 2. The first kappa shape index (κ1) is 18.1. The Balaban J connectivity index is 1.70. The van der Waals surface area contributed by atoms with Gasteiger partial charge in [0.2, 0.25) is 5.91 Å². The lowest BCUT2D eigenvalue weighted by molar-refractivity contribution is -0.134. The number of piperazine rings is 1. The summed E-state index contributed by atoms with van der Waals surface area (Å²) < 4.78 is 5.18. The number of nitrogens with zero attached hydrogens (tertiary/aromatic N) is 5. The highest BCUT2D eigenvalue weighted by Gasteiger charge is 2.27. The van der Waals surface area contributed by atoms with Crippen LogP contribution >= 0.6 is 0 Å². The fourth-order valence-corrected chi connectivity index (χ4v) is 2.44. The first-order chi connectivity index (χ1) is 11.6. The van der Waals surface area contributed by atoms with Gasteiger partial charge in [0.1, 0.15) is 0 Å². The van der Waals surface area contributed by atoms with Crippen molar-refractivity contribution in [1.29, 1.82) is 0 Å². The van der Waals surface area contributed by atoms with Crippen molar-refractivity contribution < 1.29 is 14.3 Å². The van der Waals surface area contributed by atoms with Gasteiger partial charge in [-0.1, -0.05) is 18.6 Å². The molecule has 0 radical (unpaired) electrons. The molecule has 0 aliphatic carbocycles. The van der Waals surface area contributed by atoms with Crippen LogP contribution in [0.5, 0.6) is 0 Å². The number of carbonyl (C=O) groups is 2. The maximum Gasteiger partial charge on any atom is 0.409 e. The Kier molecular flexibility index (Phi) is 6.91. The van der Waals surface area contributed by atoms with Crippen LogP contribution in [0.25, 0.3) is 0 Å². The Bertz CT molecular complexity index is 514. The minimum Gasteiger partial charge on any atom is -0.449 e. The summed E-state index contributed by atoms with van der Waals surface area (Å²) in [5, 5.41) is 13.5. The SMILES string of the molecule is CCCCOC(=O)N1CCN(C(=O)[C@@H](N)CCc2nn[nH]n2)CC1. The molecule has 134 valence electrons. The predicted octanol–water partition coefficient (Wildman–Crippen LogP) is -0.459. The van der Waals surface area contributed by atoms with E-state index in [1.807, 2.05) is 6.92 Å². The van der Waals surface area contributed by atoms with Gasteiger partial charge in [0.25, 0.3) is 0 Å². The summed E-state index contributed by atoms with van der Waals surface area (Å²) >= 11 is 0. The van der Waals surface area contributed by atoms with Crippen LogP contribution in [0.15, 0.2) is 0 Å². The number of aromatic nitrogens is 4. The van der Waals surface area contributed by atoms with Gasteiger partial charge in [-0.3, -0.25) is 4.79 Å². The lowest BCUT2D eigenvalue weighted by Gasteiger charge is -2.35. The molecule has 1 atom stereocenters. The molecule has 1 aromatic heterocycles. The molecule has 1 aromatic rings. The van der Waals surface area contributed by atoms with E-state index >= 15 is 0 Å². The molecule has 0 aromatic carbocycles. The maximum absolute atomic E-state index is 12.3. The maximum atomic E-state index is 12.3. The quantitative estimate of drug-likeness (QED) is 0.643. The molecule has 1 saturated heterocycles. The molecular formula is C14H25N7O3. The average Bonchev–Trinajstić information content (AvgIpc) is 3.13. The third-order valence-electron chi connectivity index (χ3n) is 3.96. The molecule has 2 rings (SSSR count). The summed E-state index contributed by atoms with van der Waals surface area (Å²) in [4.78, 5) is 27.5. The lowest BCUT2D eigenvalue weighted by Crippen LogP contribution is -2.54. The Hall–Kier alpha value is -2.23. The molecule has 1 aliphatic rings. The molecule has 0 bridgehead atoms. The van der Waals surface area contributed by atoms with Crippen LogP contribution < -0.4 is 5.73 Å². The summed E-state index contributed by atoms with van der Waals surface area (Å²) in [6, 6.07) is -0.605. The Morgan fingerprint density at radius 1 is 1.29 bits per heavy atom. The van der Waals surface area contributed by atoms with E-state index in [2.05, 4.69) is 20.6 Å². The third-order valence-corrected chi connectivity index (χ3v) is 3.96. The summed E-state index contributed by atoms with van der Waals surface area (Å²) in [5.74, 6) is 0.426. The fraction of sp³-hybridized carbons (Fsp3) is 0.786. The van der Waals surface area contributed by atoms with Crippen LogP contribution in [0.4, 0.5) is 4.79 Å². The van der Waals surface area contributed by atoms with Crippen molar-refractivity contribution in [2.45, 2.75) is 38.6 Å². The molecule has 10 heteroatoms. The van der Waals surface area contributed by atoms with Crippen LogP contribution in [0, 0.1) is 0 Å². The smallest absolute Gasteiger partial charge is 0.409 e. The van der Waals surface area contributed by atoms with Gasteiger partial charge in [0, 0.05) is 32.6 Å². The molecular weight excluding hydrogens is 314 g/mol. The Morgan fingerprint density at radius 3 is 2.62 bits per heavy atom. The number of ether oxygens (including phenoxy) is 1. The second-order valence-electron chi connectivity index (χ2n) is 5.75. The largest absolute Gasteiger partial charge is 0.449 e. The van der Waals surface area contributed by atoms with E-state index in [1.54, 1.807) is 9.80 Å². The first-order valence-corrected chi connectivity index (χ1v) is 8.30. The molecule has 0 spiro atoms.